The van der Waals surface area contributed by atoms with Crippen LogP contribution in [0.4, 0.5) is 5.69 Å². The summed E-state index contributed by atoms with van der Waals surface area (Å²) in [6.07, 6.45) is 1.68. The fourth-order valence-corrected chi connectivity index (χ4v) is 4.00. The monoisotopic (exact) mass is 419 g/mol. The van der Waals surface area contributed by atoms with Crippen molar-refractivity contribution in [1.29, 1.82) is 0 Å². The molecule has 0 unspecified atom stereocenters. The van der Waals surface area contributed by atoms with Crippen LogP contribution in [0.5, 0.6) is 5.75 Å². The van der Waals surface area contributed by atoms with E-state index in [0.29, 0.717) is 37.9 Å². The molecule has 138 valence electrons. The van der Waals surface area contributed by atoms with E-state index in [0.717, 1.165) is 11.8 Å². The first-order valence-electron chi connectivity index (χ1n) is 7.94. The number of thiocarbonyl (C=S) groups is 1. The van der Waals surface area contributed by atoms with Gasteiger partial charge < -0.3 is 9.84 Å². The lowest BCUT2D eigenvalue weighted by Gasteiger charge is -2.15. The first-order chi connectivity index (χ1) is 12.9. The van der Waals surface area contributed by atoms with Gasteiger partial charge in [0.25, 0.3) is 5.91 Å². The average molecular weight is 420 g/mol. The van der Waals surface area contributed by atoms with Gasteiger partial charge in [-0.2, -0.15) is 0 Å². The number of hydrogen-bond acceptors (Lipinski definition) is 5. The van der Waals surface area contributed by atoms with Crippen LogP contribution in [-0.2, 0) is 4.79 Å². The smallest absolute Gasteiger partial charge is 0.335 e. The van der Waals surface area contributed by atoms with Gasteiger partial charge in [0.1, 0.15) is 5.75 Å². The summed E-state index contributed by atoms with van der Waals surface area (Å²) in [5.74, 6) is -0.784. The Bertz CT molecular complexity index is 974. The van der Waals surface area contributed by atoms with Crippen LogP contribution in [0.15, 0.2) is 47.4 Å². The zero-order valence-corrected chi connectivity index (χ0v) is 16.5. The number of benzene rings is 2. The van der Waals surface area contributed by atoms with E-state index in [9.17, 15) is 9.59 Å². The highest BCUT2D eigenvalue weighted by Crippen LogP contribution is 2.37. The van der Waals surface area contributed by atoms with Crippen LogP contribution in [0, 0.1) is 0 Å². The van der Waals surface area contributed by atoms with E-state index in [-0.39, 0.29) is 11.5 Å². The molecule has 3 rings (SSSR count). The number of rotatable bonds is 5. The minimum absolute atomic E-state index is 0.0824. The summed E-state index contributed by atoms with van der Waals surface area (Å²) in [6, 6.07) is 11.3. The first kappa shape index (κ1) is 19.4. The zero-order valence-electron chi connectivity index (χ0n) is 14.1. The molecule has 2 aromatic carbocycles. The molecule has 0 aromatic heterocycles. The van der Waals surface area contributed by atoms with Gasteiger partial charge in [0, 0.05) is 10.6 Å². The second kappa shape index (κ2) is 8.12. The van der Waals surface area contributed by atoms with Gasteiger partial charge in [0.05, 0.1) is 22.8 Å². The van der Waals surface area contributed by atoms with Crippen molar-refractivity contribution in [2.24, 2.45) is 0 Å². The van der Waals surface area contributed by atoms with Crippen LogP contribution in [0.3, 0.4) is 0 Å². The second-order valence-corrected chi connectivity index (χ2v) is 7.60. The van der Waals surface area contributed by atoms with Gasteiger partial charge in [0.15, 0.2) is 4.32 Å². The molecular weight excluding hydrogens is 406 g/mol. The minimum atomic E-state index is -1.07. The highest BCUT2D eigenvalue weighted by Gasteiger charge is 2.33. The van der Waals surface area contributed by atoms with Crippen molar-refractivity contribution in [3.8, 4) is 5.75 Å². The number of aromatic carboxylic acids is 1. The summed E-state index contributed by atoms with van der Waals surface area (Å²) in [6.45, 7) is 2.35. The number of amides is 1. The van der Waals surface area contributed by atoms with Crippen LogP contribution >= 0.6 is 35.6 Å². The van der Waals surface area contributed by atoms with Crippen LogP contribution in [-0.4, -0.2) is 27.9 Å². The van der Waals surface area contributed by atoms with Crippen molar-refractivity contribution in [1.82, 2.24) is 0 Å². The SMILES string of the molecule is CCOc1ccc(Cl)cc1/C=C1\SC(=S)N(c2cccc(C(=O)O)c2)C1=O. The molecule has 2 aromatic rings. The number of nitrogens with zero attached hydrogens (tertiary/aromatic N) is 1. The van der Waals surface area contributed by atoms with Crippen molar-refractivity contribution >= 4 is 63.5 Å². The Kier molecular flexibility index (Phi) is 5.84. The number of ether oxygens (including phenoxy) is 1. The Labute approximate surface area is 170 Å². The fraction of sp³-hybridized carbons (Fsp3) is 0.105. The first-order valence-corrected chi connectivity index (χ1v) is 9.54. The van der Waals surface area contributed by atoms with Gasteiger partial charge in [-0.15, -0.1) is 0 Å². The molecule has 8 heteroatoms. The van der Waals surface area contributed by atoms with Crippen molar-refractivity contribution in [3.05, 3.63) is 63.5 Å². The largest absolute Gasteiger partial charge is 0.493 e. The summed E-state index contributed by atoms with van der Waals surface area (Å²) < 4.78 is 5.91. The molecule has 0 spiro atoms. The molecule has 0 bridgehead atoms. The predicted octanol–water partition coefficient (Wildman–Crippen LogP) is 4.84. The fourth-order valence-electron chi connectivity index (χ4n) is 2.53. The molecule has 27 heavy (non-hydrogen) atoms. The summed E-state index contributed by atoms with van der Waals surface area (Å²) >= 11 is 12.5. The van der Waals surface area contributed by atoms with E-state index in [2.05, 4.69) is 0 Å². The molecule has 5 nitrogen and oxygen atoms in total. The van der Waals surface area contributed by atoms with Crippen molar-refractivity contribution < 1.29 is 19.4 Å². The molecule has 1 saturated heterocycles. The molecule has 0 saturated carbocycles. The lowest BCUT2D eigenvalue weighted by atomic mass is 10.1. The molecule has 1 fully saturated rings. The summed E-state index contributed by atoms with van der Waals surface area (Å²) in [4.78, 5) is 25.8. The highest BCUT2D eigenvalue weighted by molar-refractivity contribution is 8.27. The molecule has 1 N–H and O–H groups in total. The van der Waals surface area contributed by atoms with Crippen LogP contribution < -0.4 is 9.64 Å². The maximum absolute atomic E-state index is 12.9. The zero-order chi connectivity index (χ0) is 19.6. The van der Waals surface area contributed by atoms with E-state index in [4.69, 9.17) is 33.7 Å². The lowest BCUT2D eigenvalue weighted by molar-refractivity contribution is -0.113. The van der Waals surface area contributed by atoms with Crippen molar-refractivity contribution in [2.45, 2.75) is 6.92 Å². The van der Waals surface area contributed by atoms with Gasteiger partial charge >= 0.3 is 5.97 Å². The number of carbonyl (C=O) groups is 2. The van der Waals surface area contributed by atoms with Gasteiger partial charge in [-0.25, -0.2) is 4.79 Å². The number of hydrogen-bond donors (Lipinski definition) is 1. The Hall–Kier alpha value is -2.35. The maximum atomic E-state index is 12.9. The number of carboxylic acid groups (broad SMARTS) is 1. The minimum Gasteiger partial charge on any atom is -0.493 e. The third-order valence-electron chi connectivity index (χ3n) is 3.70. The van der Waals surface area contributed by atoms with E-state index in [1.54, 1.807) is 36.4 Å². The van der Waals surface area contributed by atoms with Gasteiger partial charge in [-0.05, 0) is 49.4 Å². The average Bonchev–Trinajstić information content (AvgIpc) is 2.91. The van der Waals surface area contributed by atoms with Gasteiger partial charge in [-0.1, -0.05) is 41.6 Å². The molecule has 1 aliphatic heterocycles. The number of carbonyl (C=O) groups excluding carboxylic acids is 1. The standard InChI is InChI=1S/C19H14ClNO4S2/c1-2-25-15-7-6-13(20)8-12(15)10-16-17(22)21(19(26)27-16)14-5-3-4-11(9-14)18(23)24/h3-10H,2H2,1H3,(H,23,24)/b16-10-. The van der Waals surface area contributed by atoms with E-state index in [1.165, 1.54) is 17.0 Å². The van der Waals surface area contributed by atoms with Crippen LogP contribution in [0.25, 0.3) is 6.08 Å². The number of anilines is 1. The third kappa shape index (κ3) is 4.16. The lowest BCUT2D eigenvalue weighted by Crippen LogP contribution is -2.27. The molecule has 1 amide bonds. The topological polar surface area (TPSA) is 66.8 Å². The van der Waals surface area contributed by atoms with Crippen molar-refractivity contribution in [3.63, 3.8) is 0 Å². The summed E-state index contributed by atoms with van der Waals surface area (Å²) in [5, 5.41) is 9.68. The number of thioether (sulfide) groups is 1. The van der Waals surface area contributed by atoms with Crippen LogP contribution in [0.1, 0.15) is 22.8 Å². The molecule has 1 heterocycles. The van der Waals surface area contributed by atoms with Crippen LogP contribution in [0.2, 0.25) is 5.02 Å². The van der Waals surface area contributed by atoms with Crippen molar-refractivity contribution in [2.75, 3.05) is 11.5 Å². The van der Waals surface area contributed by atoms with Gasteiger partial charge in [0.2, 0.25) is 0 Å². The Morgan fingerprint density at radius 2 is 2.11 bits per heavy atom. The summed E-state index contributed by atoms with van der Waals surface area (Å²) in [7, 11) is 0. The Morgan fingerprint density at radius 1 is 1.33 bits per heavy atom. The Morgan fingerprint density at radius 3 is 2.81 bits per heavy atom. The predicted molar refractivity (Wildman–Crippen MR) is 112 cm³/mol. The molecule has 0 aliphatic carbocycles. The number of carboxylic acids is 1. The third-order valence-corrected chi connectivity index (χ3v) is 5.24. The van der Waals surface area contributed by atoms with E-state index >= 15 is 0 Å². The highest BCUT2D eigenvalue weighted by atomic mass is 35.5. The second-order valence-electron chi connectivity index (χ2n) is 5.49. The molecule has 0 radical (unpaired) electrons. The number of halogens is 1. The molecule has 1 aliphatic rings. The van der Waals surface area contributed by atoms with E-state index in [1.807, 2.05) is 6.92 Å². The molecular formula is C19H14ClNO4S2. The summed E-state index contributed by atoms with van der Waals surface area (Å²) in [5.41, 5.74) is 1.17. The molecule has 0 atom stereocenters. The maximum Gasteiger partial charge on any atom is 0.335 e. The normalized spacial score (nSPS) is 15.5. The van der Waals surface area contributed by atoms with E-state index < -0.39 is 5.97 Å². The van der Waals surface area contributed by atoms with Gasteiger partial charge in [-0.3, -0.25) is 9.69 Å². The quantitative estimate of drug-likeness (QED) is 0.552. The Balaban J connectivity index is 1.97.